The highest BCUT2D eigenvalue weighted by Gasteiger charge is 2.19. The molecule has 0 saturated heterocycles. The Hall–Kier alpha value is -1.51. The summed E-state index contributed by atoms with van der Waals surface area (Å²) in [6.07, 6.45) is 0.958. The van der Waals surface area contributed by atoms with Crippen molar-refractivity contribution in [2.75, 3.05) is 0 Å². The molecule has 1 nitrogen and oxygen atoms in total. The molecule has 0 N–H and O–H groups in total. The van der Waals surface area contributed by atoms with Crippen molar-refractivity contribution < 1.29 is 0 Å². The molecule has 0 unspecified atom stereocenters. The number of nitriles is 1. The van der Waals surface area contributed by atoms with Crippen molar-refractivity contribution in [3.8, 4) is 6.07 Å². The molecular weight excluding hydrogens is 461 g/mol. The van der Waals surface area contributed by atoms with Gasteiger partial charge in [0.15, 0.2) is 0 Å². The van der Waals surface area contributed by atoms with Crippen molar-refractivity contribution in [3.05, 3.63) is 85.3 Å². The fourth-order valence-electron chi connectivity index (χ4n) is 2.75. The lowest BCUT2D eigenvalue weighted by Gasteiger charge is -2.16. The van der Waals surface area contributed by atoms with Gasteiger partial charge in [0.1, 0.15) is 0 Å². The molecule has 0 atom stereocenters. The van der Waals surface area contributed by atoms with E-state index in [4.69, 9.17) is 0 Å². The van der Waals surface area contributed by atoms with Gasteiger partial charge in [0.2, 0.25) is 0 Å². The highest BCUT2D eigenvalue weighted by molar-refractivity contribution is 14.1. The van der Waals surface area contributed by atoms with Gasteiger partial charge < -0.3 is 0 Å². The molecule has 2 aromatic carbocycles. The molecule has 2 aromatic rings. The van der Waals surface area contributed by atoms with E-state index in [2.05, 4.69) is 85.7 Å². The Morgan fingerprint density at radius 3 is 2.41 bits per heavy atom. The van der Waals surface area contributed by atoms with Gasteiger partial charge in [-0.2, -0.15) is 5.26 Å². The Kier molecular flexibility index (Phi) is 7.36. The van der Waals surface area contributed by atoms with Gasteiger partial charge in [-0.1, -0.05) is 54.2 Å². The van der Waals surface area contributed by atoms with Crippen molar-refractivity contribution in [2.45, 2.75) is 46.5 Å². The van der Waals surface area contributed by atoms with E-state index in [-0.39, 0.29) is 0 Å². The van der Waals surface area contributed by atoms with Crippen molar-refractivity contribution in [1.29, 1.82) is 5.26 Å². The lowest BCUT2D eigenvalue weighted by Crippen LogP contribution is -2.13. The largest absolute Gasteiger partial charge is 0.197 e. The van der Waals surface area contributed by atoms with Crippen LogP contribution in [0.25, 0.3) is 4.91 Å². The van der Waals surface area contributed by atoms with Gasteiger partial charge in [0, 0.05) is 8.48 Å². The number of rotatable bonds is 6. The predicted octanol–water partition coefficient (Wildman–Crippen LogP) is 7.56. The second-order valence-electron chi connectivity index (χ2n) is 7.52. The predicted molar refractivity (Wildman–Crippen MR) is 128 cm³/mol. The summed E-state index contributed by atoms with van der Waals surface area (Å²) in [5, 5.41) is 11.5. The quantitative estimate of drug-likeness (QED) is 0.393. The Balaban J connectivity index is 2.06. The molecule has 0 bridgehead atoms. The highest BCUT2D eigenvalue weighted by Crippen LogP contribution is 2.31. The second-order valence-corrected chi connectivity index (χ2v) is 9.65. The Morgan fingerprint density at radius 1 is 1.19 bits per heavy atom. The monoisotopic (exact) mass is 487 g/mol. The molecule has 0 fully saturated rings. The zero-order valence-electron chi connectivity index (χ0n) is 16.7. The summed E-state index contributed by atoms with van der Waals surface area (Å²) < 4.78 is 1.32. The van der Waals surface area contributed by atoms with Gasteiger partial charge in [-0.25, -0.2) is 0 Å². The van der Waals surface area contributed by atoms with Crippen LogP contribution in [0.2, 0.25) is 0 Å². The molecule has 0 amide bonds. The molecule has 0 radical (unpaired) electrons. The Morgan fingerprint density at radius 2 is 1.81 bits per heavy atom. The summed E-state index contributed by atoms with van der Waals surface area (Å²) in [6, 6.07) is 15.1. The number of nitrogens with zero attached hydrogens (tertiary/aromatic N) is 1. The van der Waals surface area contributed by atoms with Gasteiger partial charge in [0.05, 0.1) is 11.5 Å². The number of hydrogen-bond donors (Lipinski definition) is 0. The maximum Gasteiger partial charge on any atom is 0.0766 e. The van der Waals surface area contributed by atoms with E-state index < -0.39 is 5.41 Å². The first-order chi connectivity index (χ1) is 12.6. The topological polar surface area (TPSA) is 23.8 Å². The third kappa shape index (κ3) is 5.73. The van der Waals surface area contributed by atoms with Crippen LogP contribution in [0.1, 0.15) is 48.6 Å². The van der Waals surface area contributed by atoms with Crippen LogP contribution in [-0.4, -0.2) is 0 Å². The molecule has 0 heterocycles. The number of halogens is 1. The van der Waals surface area contributed by atoms with E-state index >= 15 is 0 Å². The number of thioether (sulfide) groups is 1. The Labute approximate surface area is 181 Å². The molecule has 0 saturated carbocycles. The molecular formula is C24H26INS. The van der Waals surface area contributed by atoms with E-state index in [0.29, 0.717) is 0 Å². The van der Waals surface area contributed by atoms with Crippen molar-refractivity contribution in [1.82, 2.24) is 0 Å². The van der Waals surface area contributed by atoms with Crippen LogP contribution in [-0.2, 0) is 11.8 Å². The van der Waals surface area contributed by atoms with Gasteiger partial charge in [0.25, 0.3) is 0 Å². The number of benzene rings is 2. The van der Waals surface area contributed by atoms with E-state index in [0.717, 1.165) is 22.5 Å². The number of hydrogen-bond acceptors (Lipinski definition) is 2. The number of aryl methyl sites for hydroxylation is 2. The van der Waals surface area contributed by atoms with Crippen molar-refractivity contribution in [2.24, 2.45) is 0 Å². The molecule has 0 aromatic heterocycles. The summed E-state index contributed by atoms with van der Waals surface area (Å²) >= 11 is 4.06. The lowest BCUT2D eigenvalue weighted by atomic mass is 9.86. The molecule has 0 aliphatic rings. The summed E-state index contributed by atoms with van der Waals surface area (Å²) in [6.45, 7) is 14.6. The second kappa shape index (κ2) is 9.12. The van der Waals surface area contributed by atoms with Crippen LogP contribution < -0.4 is 0 Å². The lowest BCUT2D eigenvalue weighted by molar-refractivity contribution is 0.687. The average Bonchev–Trinajstić information content (AvgIpc) is 2.64. The summed E-state index contributed by atoms with van der Waals surface area (Å²) in [4.78, 5) is 1.02. The van der Waals surface area contributed by atoms with Crippen molar-refractivity contribution in [3.63, 3.8) is 0 Å². The molecule has 140 valence electrons. The van der Waals surface area contributed by atoms with Crippen LogP contribution in [0.4, 0.5) is 0 Å². The van der Waals surface area contributed by atoms with Gasteiger partial charge in [-0.05, 0) is 103 Å². The zero-order valence-corrected chi connectivity index (χ0v) is 19.7. The number of allylic oxidation sites excluding steroid dienone is 1. The van der Waals surface area contributed by atoms with Crippen LogP contribution >= 0.6 is 34.4 Å². The third-order valence-corrected chi connectivity index (χ3v) is 6.90. The average molecular weight is 487 g/mol. The van der Waals surface area contributed by atoms with E-state index in [9.17, 15) is 5.26 Å². The smallest absolute Gasteiger partial charge is 0.0766 e. The zero-order chi connectivity index (χ0) is 20.2. The summed E-state index contributed by atoms with van der Waals surface area (Å²) in [7, 11) is 0. The maximum absolute atomic E-state index is 9.26. The van der Waals surface area contributed by atoms with Gasteiger partial charge in [-0.15, -0.1) is 0 Å². The molecule has 3 heteroatoms. The van der Waals surface area contributed by atoms with Crippen LogP contribution in [0, 0.1) is 28.7 Å². The van der Waals surface area contributed by atoms with E-state index in [1.807, 2.05) is 26.0 Å². The first-order valence-electron chi connectivity index (χ1n) is 8.93. The minimum Gasteiger partial charge on any atom is -0.197 e. The first-order valence-corrected chi connectivity index (χ1v) is 10.9. The van der Waals surface area contributed by atoms with Crippen LogP contribution in [0.15, 0.2) is 54.0 Å². The highest BCUT2D eigenvalue weighted by atomic mass is 127. The molecule has 0 aliphatic carbocycles. The molecule has 2 rings (SSSR count). The maximum atomic E-state index is 9.26. The minimum atomic E-state index is -0.465. The van der Waals surface area contributed by atoms with E-state index in [1.165, 1.54) is 25.8 Å². The molecule has 0 aliphatic heterocycles. The fraction of sp³-hybridized carbons (Fsp3) is 0.292. The van der Waals surface area contributed by atoms with Gasteiger partial charge >= 0.3 is 0 Å². The van der Waals surface area contributed by atoms with Crippen molar-refractivity contribution >= 4 is 39.3 Å². The standard InChI is InChI=1S/C24H26INS/c1-16(11-21-12-18(3)23(25)13-17(21)2)14-27-19(4)20-7-9-22(10-8-20)24(5,6)15-26/h7-10,12-14H,4,11H2,1-3,5-6H3/b16-14+. The minimum absolute atomic E-state index is 0.465. The van der Waals surface area contributed by atoms with Crippen LogP contribution in [0.5, 0.6) is 0 Å². The van der Waals surface area contributed by atoms with Gasteiger partial charge in [-0.3, -0.25) is 0 Å². The molecule has 27 heavy (non-hydrogen) atoms. The summed E-state index contributed by atoms with van der Waals surface area (Å²) in [5.41, 5.74) is 7.06. The Bertz CT molecular complexity index is 915. The fourth-order valence-corrected chi connectivity index (χ4v) is 4.07. The molecule has 0 spiro atoms. The SMILES string of the molecule is C=C(S/C=C(\C)Cc1cc(C)c(I)cc1C)c1ccc(C(C)(C)C#N)cc1. The summed E-state index contributed by atoms with van der Waals surface area (Å²) in [5.74, 6) is 0. The normalized spacial score (nSPS) is 12.0. The first kappa shape index (κ1) is 21.8. The van der Waals surface area contributed by atoms with E-state index in [1.54, 1.807) is 11.8 Å². The third-order valence-electron chi connectivity index (χ3n) is 4.70. The van der Waals surface area contributed by atoms with Crippen LogP contribution in [0.3, 0.4) is 0 Å².